The Morgan fingerprint density at radius 3 is 2.75 bits per heavy atom. The summed E-state index contributed by atoms with van der Waals surface area (Å²) in [5.74, 6) is 8.33. The highest BCUT2D eigenvalue weighted by Gasteiger charge is 2.14. The molecule has 1 saturated heterocycles. The third kappa shape index (κ3) is 3.40. The summed E-state index contributed by atoms with van der Waals surface area (Å²) in [4.78, 5) is 4.57. The number of ether oxygens (including phenoxy) is 1. The Labute approximate surface area is 100 Å². The van der Waals surface area contributed by atoms with E-state index in [1.54, 1.807) is 0 Å². The zero-order valence-corrected chi connectivity index (χ0v) is 10.0. The van der Waals surface area contributed by atoms with Crippen LogP contribution in [0.15, 0.2) is 24.3 Å². The van der Waals surface area contributed by atoms with Gasteiger partial charge >= 0.3 is 0 Å². The molecule has 16 heavy (non-hydrogen) atoms. The van der Waals surface area contributed by atoms with Crippen molar-refractivity contribution < 1.29 is 9.57 Å². The maximum absolute atomic E-state index is 5.90. The fraction of sp³-hybridized carbons (Fsp3) is 0.500. The van der Waals surface area contributed by atoms with Gasteiger partial charge in [0.1, 0.15) is 11.9 Å². The molecule has 1 aromatic rings. The Balaban J connectivity index is 1.88. The van der Waals surface area contributed by atoms with E-state index in [1.165, 1.54) is 18.6 Å². The van der Waals surface area contributed by atoms with Gasteiger partial charge in [-0.25, -0.2) is 5.90 Å². The summed E-state index contributed by atoms with van der Waals surface area (Å²) >= 11 is 1.97. The van der Waals surface area contributed by atoms with Crippen molar-refractivity contribution in [3.63, 3.8) is 0 Å². The van der Waals surface area contributed by atoms with Crippen LogP contribution >= 0.6 is 11.8 Å². The first-order chi connectivity index (χ1) is 7.88. The summed E-state index contributed by atoms with van der Waals surface area (Å²) in [7, 11) is 0. The van der Waals surface area contributed by atoms with Crippen molar-refractivity contribution in [2.45, 2.75) is 25.6 Å². The Morgan fingerprint density at radius 2 is 2.12 bits per heavy atom. The lowest BCUT2D eigenvalue weighted by molar-refractivity contribution is 0.124. The molecule has 1 aliphatic rings. The van der Waals surface area contributed by atoms with E-state index in [1.807, 2.05) is 36.0 Å². The summed E-state index contributed by atoms with van der Waals surface area (Å²) in [6.45, 7) is 0.444. The molecule has 0 aliphatic carbocycles. The lowest BCUT2D eigenvalue weighted by atomic mass is 10.2. The van der Waals surface area contributed by atoms with Crippen molar-refractivity contribution >= 4 is 11.8 Å². The van der Waals surface area contributed by atoms with E-state index in [0.717, 1.165) is 17.1 Å². The van der Waals surface area contributed by atoms with Crippen LogP contribution in [0.5, 0.6) is 5.75 Å². The van der Waals surface area contributed by atoms with Crippen LogP contribution in [0, 0.1) is 0 Å². The highest BCUT2D eigenvalue weighted by Crippen LogP contribution is 2.22. The number of nitrogens with two attached hydrogens (primary N) is 1. The molecular formula is C12H17NO2S. The van der Waals surface area contributed by atoms with E-state index in [-0.39, 0.29) is 0 Å². The van der Waals surface area contributed by atoms with E-state index in [0.29, 0.717) is 12.7 Å². The van der Waals surface area contributed by atoms with Crippen LogP contribution in [0.4, 0.5) is 0 Å². The second-order valence-electron chi connectivity index (χ2n) is 3.91. The van der Waals surface area contributed by atoms with Gasteiger partial charge in [-0.2, -0.15) is 11.8 Å². The number of hydrogen-bond acceptors (Lipinski definition) is 4. The molecule has 0 aromatic heterocycles. The molecule has 0 radical (unpaired) electrons. The molecule has 3 nitrogen and oxygen atoms in total. The largest absolute Gasteiger partial charge is 0.490 e. The second-order valence-corrected chi connectivity index (χ2v) is 5.06. The molecule has 2 N–H and O–H groups in total. The van der Waals surface area contributed by atoms with Crippen molar-refractivity contribution in [3.05, 3.63) is 29.8 Å². The van der Waals surface area contributed by atoms with Crippen molar-refractivity contribution in [2.24, 2.45) is 5.90 Å². The number of benzene rings is 1. The maximum atomic E-state index is 5.90. The summed E-state index contributed by atoms with van der Waals surface area (Å²) in [6.07, 6.45) is 2.80. The lowest BCUT2D eigenvalue weighted by Gasteiger charge is -2.22. The zero-order valence-electron chi connectivity index (χ0n) is 9.22. The summed E-state index contributed by atoms with van der Waals surface area (Å²) < 4.78 is 5.90. The minimum Gasteiger partial charge on any atom is -0.490 e. The van der Waals surface area contributed by atoms with Gasteiger partial charge in [-0.3, -0.25) is 4.84 Å². The average molecular weight is 239 g/mol. The standard InChI is InChI=1S/C12H17NO2S/c13-14-8-10-3-5-11(6-4-10)15-12-2-1-7-16-9-12/h3-6,12H,1-2,7-9,13H2. The molecule has 1 aromatic carbocycles. The minimum absolute atomic E-state index is 0.371. The van der Waals surface area contributed by atoms with Gasteiger partial charge < -0.3 is 4.74 Å². The molecule has 1 unspecified atom stereocenters. The van der Waals surface area contributed by atoms with Crippen LogP contribution in [0.1, 0.15) is 18.4 Å². The van der Waals surface area contributed by atoms with Crippen LogP contribution in [0.2, 0.25) is 0 Å². The Morgan fingerprint density at radius 1 is 1.31 bits per heavy atom. The van der Waals surface area contributed by atoms with Crippen LogP contribution in [-0.2, 0) is 11.4 Å². The third-order valence-corrected chi connectivity index (χ3v) is 3.78. The topological polar surface area (TPSA) is 44.5 Å². The van der Waals surface area contributed by atoms with Gasteiger partial charge in [-0.05, 0) is 36.3 Å². The molecule has 0 amide bonds. The van der Waals surface area contributed by atoms with Gasteiger partial charge in [0, 0.05) is 5.75 Å². The summed E-state index contributed by atoms with van der Waals surface area (Å²) in [5, 5.41) is 0. The molecule has 4 heteroatoms. The monoisotopic (exact) mass is 239 g/mol. The highest BCUT2D eigenvalue weighted by atomic mass is 32.2. The molecule has 88 valence electrons. The predicted molar refractivity (Wildman–Crippen MR) is 66.4 cm³/mol. The summed E-state index contributed by atoms with van der Waals surface area (Å²) in [5.41, 5.74) is 1.06. The highest BCUT2D eigenvalue weighted by molar-refractivity contribution is 7.99. The molecule has 0 spiro atoms. The van der Waals surface area contributed by atoms with Crippen molar-refractivity contribution in [1.29, 1.82) is 0 Å². The zero-order chi connectivity index (χ0) is 11.2. The molecular weight excluding hydrogens is 222 g/mol. The quantitative estimate of drug-likeness (QED) is 0.819. The number of rotatable bonds is 4. The molecule has 2 rings (SSSR count). The molecule has 1 fully saturated rings. The first-order valence-electron chi connectivity index (χ1n) is 5.53. The van der Waals surface area contributed by atoms with Crippen LogP contribution in [0.25, 0.3) is 0 Å². The maximum Gasteiger partial charge on any atom is 0.119 e. The Kier molecular flexibility index (Phi) is 4.51. The normalized spacial score (nSPS) is 20.7. The number of hydrogen-bond donors (Lipinski definition) is 1. The van der Waals surface area contributed by atoms with Crippen LogP contribution < -0.4 is 10.6 Å². The molecule has 0 bridgehead atoms. The SMILES string of the molecule is NOCc1ccc(OC2CCCSC2)cc1. The smallest absolute Gasteiger partial charge is 0.119 e. The molecule has 1 aliphatic heterocycles. The van der Waals surface area contributed by atoms with E-state index < -0.39 is 0 Å². The Bertz CT molecular complexity index is 309. The first kappa shape index (κ1) is 11.8. The predicted octanol–water partition coefficient (Wildman–Crippen LogP) is 2.35. The average Bonchev–Trinajstić information content (AvgIpc) is 2.33. The number of thioether (sulfide) groups is 1. The van der Waals surface area contributed by atoms with Crippen LogP contribution in [0.3, 0.4) is 0 Å². The van der Waals surface area contributed by atoms with Crippen LogP contribution in [-0.4, -0.2) is 17.6 Å². The fourth-order valence-corrected chi connectivity index (χ4v) is 2.79. The molecule has 1 atom stereocenters. The van der Waals surface area contributed by atoms with E-state index >= 15 is 0 Å². The van der Waals surface area contributed by atoms with Gasteiger partial charge in [-0.15, -0.1) is 0 Å². The first-order valence-corrected chi connectivity index (χ1v) is 6.69. The second kappa shape index (κ2) is 6.13. The van der Waals surface area contributed by atoms with Gasteiger partial charge in [-0.1, -0.05) is 12.1 Å². The molecule has 0 saturated carbocycles. The third-order valence-electron chi connectivity index (χ3n) is 2.59. The van der Waals surface area contributed by atoms with E-state index in [2.05, 4.69) is 4.84 Å². The van der Waals surface area contributed by atoms with E-state index in [4.69, 9.17) is 10.6 Å². The van der Waals surface area contributed by atoms with Gasteiger partial charge in [0.15, 0.2) is 0 Å². The van der Waals surface area contributed by atoms with Gasteiger partial charge in [0.2, 0.25) is 0 Å². The Hall–Kier alpha value is -0.710. The van der Waals surface area contributed by atoms with Gasteiger partial charge in [0.25, 0.3) is 0 Å². The fourth-order valence-electron chi connectivity index (χ4n) is 1.76. The summed E-state index contributed by atoms with van der Waals surface area (Å²) in [6, 6.07) is 7.93. The minimum atomic E-state index is 0.371. The lowest BCUT2D eigenvalue weighted by Crippen LogP contribution is -2.23. The van der Waals surface area contributed by atoms with Crippen molar-refractivity contribution in [1.82, 2.24) is 0 Å². The van der Waals surface area contributed by atoms with Gasteiger partial charge in [0.05, 0.1) is 6.61 Å². The molecule has 1 heterocycles. The van der Waals surface area contributed by atoms with Crippen molar-refractivity contribution in [2.75, 3.05) is 11.5 Å². The van der Waals surface area contributed by atoms with E-state index in [9.17, 15) is 0 Å². The van der Waals surface area contributed by atoms with Crippen molar-refractivity contribution in [3.8, 4) is 5.75 Å².